The molecule has 0 spiro atoms. The number of aromatic carboxylic acids is 1. The van der Waals surface area contributed by atoms with Gasteiger partial charge in [-0.25, -0.2) is 14.2 Å². The second-order valence-electron chi connectivity index (χ2n) is 3.76. The van der Waals surface area contributed by atoms with Gasteiger partial charge in [-0.15, -0.1) is 0 Å². The summed E-state index contributed by atoms with van der Waals surface area (Å²) in [5.74, 6) is -3.49. The highest BCUT2D eigenvalue weighted by molar-refractivity contribution is 6.30. The van der Waals surface area contributed by atoms with Crippen molar-refractivity contribution in [3.05, 3.63) is 57.0 Å². The van der Waals surface area contributed by atoms with Gasteiger partial charge in [0.15, 0.2) is 0 Å². The first-order chi connectivity index (χ1) is 9.90. The first-order valence-corrected chi connectivity index (χ1v) is 5.77. The normalized spacial score (nSPS) is 10.2. The quantitative estimate of drug-likeness (QED) is 0.686. The van der Waals surface area contributed by atoms with Crippen molar-refractivity contribution in [2.75, 3.05) is 0 Å². The molecular weight excluding hydrogens is 307 g/mol. The molecule has 0 fully saturated rings. The lowest BCUT2D eigenvalue weighted by molar-refractivity contribution is -0.386. The minimum atomic E-state index is -1.57. The molecule has 0 aliphatic heterocycles. The summed E-state index contributed by atoms with van der Waals surface area (Å²) in [5, 5.41) is 19.8. The number of aromatic nitrogens is 1. The van der Waals surface area contributed by atoms with Gasteiger partial charge in [-0.2, -0.15) is 0 Å². The molecule has 0 saturated carbocycles. The third-order valence-electron chi connectivity index (χ3n) is 2.39. The molecule has 108 valence electrons. The number of hydrogen-bond donors (Lipinski definition) is 1. The van der Waals surface area contributed by atoms with Gasteiger partial charge in [-0.1, -0.05) is 17.7 Å². The first-order valence-electron chi connectivity index (χ1n) is 5.39. The Labute approximate surface area is 121 Å². The molecule has 7 nitrogen and oxygen atoms in total. The largest absolute Gasteiger partial charge is 0.477 e. The van der Waals surface area contributed by atoms with Gasteiger partial charge < -0.3 is 9.84 Å². The van der Waals surface area contributed by atoms with Gasteiger partial charge in [0.1, 0.15) is 17.1 Å². The standard InChI is InChI=1S/C12H6ClFN2O5/c13-6-4-8(16(19)20)11(15-5-6)21-9-3-1-2-7(14)10(9)12(17)18/h1-5H,(H,17,18). The summed E-state index contributed by atoms with van der Waals surface area (Å²) in [5.41, 5.74) is -1.31. The molecule has 2 aromatic rings. The average Bonchev–Trinajstić information content (AvgIpc) is 2.40. The predicted molar refractivity (Wildman–Crippen MR) is 69.3 cm³/mol. The summed E-state index contributed by atoms with van der Waals surface area (Å²) in [4.78, 5) is 24.7. The number of carboxylic acid groups (broad SMARTS) is 1. The van der Waals surface area contributed by atoms with Crippen molar-refractivity contribution < 1.29 is 24.0 Å². The second-order valence-corrected chi connectivity index (χ2v) is 4.19. The van der Waals surface area contributed by atoms with Crippen LogP contribution >= 0.6 is 11.6 Å². The van der Waals surface area contributed by atoms with E-state index >= 15 is 0 Å². The minimum Gasteiger partial charge on any atom is -0.477 e. The summed E-state index contributed by atoms with van der Waals surface area (Å²) in [6.07, 6.45) is 1.09. The van der Waals surface area contributed by atoms with Crippen molar-refractivity contribution in [2.24, 2.45) is 0 Å². The topological polar surface area (TPSA) is 103 Å². The molecular formula is C12H6ClFN2O5. The molecule has 0 amide bonds. The van der Waals surface area contributed by atoms with Crippen molar-refractivity contribution in [3.63, 3.8) is 0 Å². The summed E-state index contributed by atoms with van der Waals surface area (Å²) in [6, 6.07) is 4.29. The zero-order chi connectivity index (χ0) is 15.6. The number of pyridine rings is 1. The maximum Gasteiger partial charge on any atom is 0.342 e. The maximum absolute atomic E-state index is 13.5. The van der Waals surface area contributed by atoms with Gasteiger partial charge >= 0.3 is 11.7 Å². The predicted octanol–water partition coefficient (Wildman–Crippen LogP) is 3.27. The number of benzene rings is 1. The van der Waals surface area contributed by atoms with Crippen LogP contribution in [0.25, 0.3) is 0 Å². The molecule has 0 aliphatic carbocycles. The number of carbonyl (C=O) groups is 1. The summed E-state index contributed by atoms with van der Waals surface area (Å²) in [7, 11) is 0. The van der Waals surface area contributed by atoms with E-state index in [2.05, 4.69) is 4.98 Å². The Bertz CT molecular complexity index is 738. The van der Waals surface area contributed by atoms with Gasteiger partial charge in [0.05, 0.1) is 16.1 Å². The number of ether oxygens (including phenoxy) is 1. The SMILES string of the molecule is O=C(O)c1c(F)cccc1Oc1ncc(Cl)cc1[N+](=O)[O-]. The van der Waals surface area contributed by atoms with Crippen molar-refractivity contribution in [1.29, 1.82) is 0 Å². The van der Waals surface area contributed by atoms with E-state index in [1.165, 1.54) is 6.07 Å². The fourth-order valence-electron chi connectivity index (χ4n) is 1.53. The van der Waals surface area contributed by atoms with E-state index < -0.39 is 39.6 Å². The second kappa shape index (κ2) is 5.71. The molecule has 0 aliphatic rings. The molecule has 0 saturated heterocycles. The Morgan fingerprint density at radius 2 is 2.19 bits per heavy atom. The van der Waals surface area contributed by atoms with Crippen LogP contribution in [0.4, 0.5) is 10.1 Å². The van der Waals surface area contributed by atoms with E-state index in [1.54, 1.807) is 0 Å². The Kier molecular flexibility index (Phi) is 3.99. The molecule has 21 heavy (non-hydrogen) atoms. The zero-order valence-electron chi connectivity index (χ0n) is 10.1. The fraction of sp³-hybridized carbons (Fsp3) is 0. The molecule has 1 aromatic heterocycles. The van der Waals surface area contributed by atoms with Crippen LogP contribution in [0.15, 0.2) is 30.5 Å². The Hall–Kier alpha value is -2.74. The van der Waals surface area contributed by atoms with Crippen LogP contribution in [0.5, 0.6) is 11.6 Å². The van der Waals surface area contributed by atoms with Gasteiger partial charge in [-0.3, -0.25) is 10.1 Å². The van der Waals surface area contributed by atoms with Crippen LogP contribution in [0.1, 0.15) is 10.4 Å². The van der Waals surface area contributed by atoms with Crippen LogP contribution in [0, 0.1) is 15.9 Å². The molecule has 0 atom stereocenters. The van der Waals surface area contributed by atoms with Gasteiger partial charge in [0.2, 0.25) is 0 Å². The number of carboxylic acids is 1. The molecule has 1 aromatic carbocycles. The fourth-order valence-corrected chi connectivity index (χ4v) is 1.68. The lowest BCUT2D eigenvalue weighted by atomic mass is 10.2. The lowest BCUT2D eigenvalue weighted by Crippen LogP contribution is -2.05. The first kappa shape index (κ1) is 14.7. The molecule has 0 radical (unpaired) electrons. The Balaban J connectivity index is 2.51. The highest BCUT2D eigenvalue weighted by Crippen LogP contribution is 2.33. The molecule has 9 heteroatoms. The van der Waals surface area contributed by atoms with Crippen LogP contribution in [0.3, 0.4) is 0 Å². The number of hydrogen-bond acceptors (Lipinski definition) is 5. The van der Waals surface area contributed by atoms with Crippen LogP contribution in [-0.4, -0.2) is 21.0 Å². The highest BCUT2D eigenvalue weighted by atomic mass is 35.5. The van der Waals surface area contributed by atoms with Gasteiger partial charge in [0, 0.05) is 6.07 Å². The van der Waals surface area contributed by atoms with Crippen molar-refractivity contribution >= 4 is 23.3 Å². The van der Waals surface area contributed by atoms with Crippen molar-refractivity contribution in [3.8, 4) is 11.6 Å². The van der Waals surface area contributed by atoms with Crippen LogP contribution in [0.2, 0.25) is 5.02 Å². The van der Waals surface area contributed by atoms with Gasteiger partial charge in [0.25, 0.3) is 5.88 Å². The lowest BCUT2D eigenvalue weighted by Gasteiger charge is -2.08. The third-order valence-corrected chi connectivity index (χ3v) is 2.60. The van der Waals surface area contributed by atoms with E-state index in [0.717, 1.165) is 24.4 Å². The summed E-state index contributed by atoms with van der Waals surface area (Å²) < 4.78 is 18.6. The number of nitrogens with zero attached hydrogens (tertiary/aromatic N) is 2. The molecule has 1 N–H and O–H groups in total. The van der Waals surface area contributed by atoms with Gasteiger partial charge in [-0.05, 0) is 12.1 Å². The van der Waals surface area contributed by atoms with Crippen molar-refractivity contribution in [2.45, 2.75) is 0 Å². The number of halogens is 2. The maximum atomic E-state index is 13.5. The minimum absolute atomic E-state index is 0.00625. The Morgan fingerprint density at radius 3 is 2.81 bits per heavy atom. The summed E-state index contributed by atoms with van der Waals surface area (Å²) >= 11 is 5.59. The molecule has 1 heterocycles. The van der Waals surface area contributed by atoms with E-state index in [1.807, 2.05) is 0 Å². The van der Waals surface area contributed by atoms with Crippen LogP contribution < -0.4 is 4.74 Å². The zero-order valence-corrected chi connectivity index (χ0v) is 10.9. The Morgan fingerprint density at radius 1 is 1.48 bits per heavy atom. The monoisotopic (exact) mass is 312 g/mol. The van der Waals surface area contributed by atoms with Crippen LogP contribution in [-0.2, 0) is 0 Å². The average molecular weight is 313 g/mol. The highest BCUT2D eigenvalue weighted by Gasteiger charge is 2.23. The van der Waals surface area contributed by atoms with E-state index in [9.17, 15) is 19.3 Å². The smallest absolute Gasteiger partial charge is 0.342 e. The molecule has 0 unspecified atom stereocenters. The molecule has 2 rings (SSSR count). The van der Waals surface area contributed by atoms with E-state index in [4.69, 9.17) is 21.4 Å². The summed E-state index contributed by atoms with van der Waals surface area (Å²) in [6.45, 7) is 0. The molecule has 0 bridgehead atoms. The number of rotatable bonds is 4. The van der Waals surface area contributed by atoms with E-state index in [0.29, 0.717) is 0 Å². The third kappa shape index (κ3) is 3.06. The van der Waals surface area contributed by atoms with Crippen molar-refractivity contribution in [1.82, 2.24) is 4.98 Å². The number of nitro groups is 1. The van der Waals surface area contributed by atoms with E-state index in [-0.39, 0.29) is 5.02 Å².